The largest absolute Gasteiger partial charge is 0.334 e. The molecule has 114 valence electrons. The molecule has 2 fully saturated rings. The molecule has 2 aromatic rings. The molecule has 0 aromatic carbocycles. The third-order valence-electron chi connectivity index (χ3n) is 4.77. The van der Waals surface area contributed by atoms with Crippen LogP contribution in [0.2, 0.25) is 0 Å². The summed E-state index contributed by atoms with van der Waals surface area (Å²) in [6.45, 7) is 2.79. The average Bonchev–Trinajstić information content (AvgIpc) is 3.23. The maximum absolute atomic E-state index is 12.4. The predicted molar refractivity (Wildman–Crippen MR) is 86.3 cm³/mol. The van der Waals surface area contributed by atoms with Crippen LogP contribution in [-0.2, 0) is 17.9 Å². The monoisotopic (exact) mass is 313 g/mol. The van der Waals surface area contributed by atoms with Gasteiger partial charge in [-0.25, -0.2) is 0 Å². The molecule has 0 spiro atoms. The first-order valence-electron chi connectivity index (χ1n) is 7.76. The summed E-state index contributed by atoms with van der Waals surface area (Å²) in [4.78, 5) is 22.4. The standard InChI is InChI=1S/C17H19N3OS/c21-17-10-16-15(20(17)11-13-3-6-18-7-4-13)5-8-19(16)12-14-2-1-9-22-14/h1-4,6-7,9,15-16H,5,8,10-12H2/t15-,16+/m0/s1. The fourth-order valence-electron chi connectivity index (χ4n) is 3.70. The van der Waals surface area contributed by atoms with E-state index in [-0.39, 0.29) is 0 Å². The number of amides is 1. The number of rotatable bonds is 4. The number of pyridine rings is 1. The highest BCUT2D eigenvalue weighted by Gasteiger charge is 2.46. The number of hydrogen-bond donors (Lipinski definition) is 0. The third kappa shape index (κ3) is 2.55. The summed E-state index contributed by atoms with van der Waals surface area (Å²) in [5, 5.41) is 2.12. The minimum atomic E-state index is 0.294. The summed E-state index contributed by atoms with van der Waals surface area (Å²) in [7, 11) is 0. The van der Waals surface area contributed by atoms with Crippen LogP contribution < -0.4 is 0 Å². The fraction of sp³-hybridized carbons (Fsp3) is 0.412. The van der Waals surface area contributed by atoms with E-state index >= 15 is 0 Å². The number of hydrogen-bond acceptors (Lipinski definition) is 4. The Kier molecular flexibility index (Phi) is 3.68. The number of likely N-dealkylation sites (tertiary alicyclic amines) is 2. The van der Waals surface area contributed by atoms with Crippen LogP contribution in [0.4, 0.5) is 0 Å². The molecule has 0 bridgehead atoms. The third-order valence-corrected chi connectivity index (χ3v) is 5.63. The zero-order chi connectivity index (χ0) is 14.9. The van der Waals surface area contributed by atoms with Crippen molar-refractivity contribution in [2.24, 2.45) is 0 Å². The molecule has 0 N–H and O–H groups in total. The van der Waals surface area contributed by atoms with Crippen LogP contribution in [0.15, 0.2) is 42.0 Å². The summed E-state index contributed by atoms with van der Waals surface area (Å²) < 4.78 is 0. The van der Waals surface area contributed by atoms with Gasteiger partial charge in [-0.15, -0.1) is 11.3 Å². The number of aromatic nitrogens is 1. The van der Waals surface area contributed by atoms with Crippen molar-refractivity contribution in [2.75, 3.05) is 6.54 Å². The van der Waals surface area contributed by atoms with E-state index < -0.39 is 0 Å². The van der Waals surface area contributed by atoms with Crippen molar-refractivity contribution in [1.29, 1.82) is 0 Å². The molecule has 0 unspecified atom stereocenters. The van der Waals surface area contributed by atoms with Crippen molar-refractivity contribution in [1.82, 2.24) is 14.8 Å². The highest BCUT2D eigenvalue weighted by Crippen LogP contribution is 2.34. The summed E-state index contributed by atoms with van der Waals surface area (Å²) in [5.74, 6) is 0.294. The number of fused-ring (bicyclic) bond motifs is 1. The van der Waals surface area contributed by atoms with E-state index in [0.717, 1.165) is 26.1 Å². The molecule has 2 saturated heterocycles. The lowest BCUT2D eigenvalue weighted by Gasteiger charge is -2.25. The second-order valence-electron chi connectivity index (χ2n) is 6.05. The van der Waals surface area contributed by atoms with Gasteiger partial charge in [0, 0.05) is 55.4 Å². The molecule has 2 aromatic heterocycles. The van der Waals surface area contributed by atoms with Crippen LogP contribution in [0.3, 0.4) is 0 Å². The van der Waals surface area contributed by atoms with Gasteiger partial charge in [-0.2, -0.15) is 0 Å². The fourth-order valence-corrected chi connectivity index (χ4v) is 4.43. The van der Waals surface area contributed by atoms with Crippen LogP contribution in [0.5, 0.6) is 0 Å². The maximum atomic E-state index is 12.4. The molecule has 4 heterocycles. The minimum absolute atomic E-state index is 0.294. The second-order valence-corrected chi connectivity index (χ2v) is 7.09. The van der Waals surface area contributed by atoms with Gasteiger partial charge in [-0.3, -0.25) is 14.7 Å². The summed E-state index contributed by atoms with van der Waals surface area (Å²) in [6, 6.07) is 9.04. The first-order valence-corrected chi connectivity index (χ1v) is 8.64. The first-order chi connectivity index (χ1) is 10.8. The molecular formula is C17H19N3OS. The van der Waals surface area contributed by atoms with Crippen molar-refractivity contribution in [3.05, 3.63) is 52.5 Å². The molecule has 22 heavy (non-hydrogen) atoms. The van der Waals surface area contributed by atoms with E-state index in [1.165, 1.54) is 10.4 Å². The number of carbonyl (C=O) groups is 1. The van der Waals surface area contributed by atoms with Gasteiger partial charge in [-0.1, -0.05) is 6.07 Å². The van der Waals surface area contributed by atoms with Gasteiger partial charge in [0.05, 0.1) is 0 Å². The van der Waals surface area contributed by atoms with Crippen molar-refractivity contribution in [3.8, 4) is 0 Å². The lowest BCUT2D eigenvalue weighted by molar-refractivity contribution is -0.129. The average molecular weight is 313 g/mol. The lowest BCUT2D eigenvalue weighted by atomic mass is 10.1. The highest BCUT2D eigenvalue weighted by molar-refractivity contribution is 7.09. The molecule has 2 atom stereocenters. The van der Waals surface area contributed by atoms with E-state index in [9.17, 15) is 4.79 Å². The number of thiophene rings is 1. The van der Waals surface area contributed by atoms with Crippen LogP contribution in [-0.4, -0.2) is 39.3 Å². The lowest BCUT2D eigenvalue weighted by Crippen LogP contribution is -2.36. The number of nitrogens with zero attached hydrogens (tertiary/aromatic N) is 3. The van der Waals surface area contributed by atoms with Crippen LogP contribution in [0.1, 0.15) is 23.3 Å². The van der Waals surface area contributed by atoms with E-state index in [0.29, 0.717) is 24.4 Å². The van der Waals surface area contributed by atoms with Gasteiger partial charge in [-0.05, 0) is 35.6 Å². The van der Waals surface area contributed by atoms with Crippen molar-refractivity contribution < 1.29 is 4.79 Å². The normalized spacial score (nSPS) is 24.9. The van der Waals surface area contributed by atoms with Crippen LogP contribution in [0, 0.1) is 0 Å². The van der Waals surface area contributed by atoms with E-state index in [1.807, 2.05) is 12.1 Å². The Labute approximate surface area is 134 Å². The van der Waals surface area contributed by atoms with Gasteiger partial charge >= 0.3 is 0 Å². The zero-order valence-corrected chi connectivity index (χ0v) is 13.2. The van der Waals surface area contributed by atoms with Gasteiger partial charge in [0.25, 0.3) is 0 Å². The molecule has 5 heteroatoms. The Morgan fingerprint density at radius 1 is 1.18 bits per heavy atom. The van der Waals surface area contributed by atoms with Gasteiger partial charge < -0.3 is 4.90 Å². The smallest absolute Gasteiger partial charge is 0.224 e. The van der Waals surface area contributed by atoms with Gasteiger partial charge in [0.15, 0.2) is 0 Å². The van der Waals surface area contributed by atoms with Crippen LogP contribution in [0.25, 0.3) is 0 Å². The Balaban J connectivity index is 1.47. The Bertz CT molecular complexity index is 643. The van der Waals surface area contributed by atoms with Crippen molar-refractivity contribution in [3.63, 3.8) is 0 Å². The zero-order valence-electron chi connectivity index (χ0n) is 12.4. The topological polar surface area (TPSA) is 36.4 Å². The summed E-state index contributed by atoms with van der Waals surface area (Å²) in [5.41, 5.74) is 1.17. The minimum Gasteiger partial charge on any atom is -0.334 e. The Morgan fingerprint density at radius 2 is 2.05 bits per heavy atom. The molecule has 2 aliphatic rings. The molecule has 4 rings (SSSR count). The molecule has 1 amide bonds. The Hall–Kier alpha value is -1.72. The summed E-state index contributed by atoms with van der Waals surface area (Å²) >= 11 is 1.80. The maximum Gasteiger partial charge on any atom is 0.224 e. The highest BCUT2D eigenvalue weighted by atomic mass is 32.1. The van der Waals surface area contributed by atoms with Gasteiger partial charge in [0.2, 0.25) is 5.91 Å². The molecule has 0 aliphatic carbocycles. The van der Waals surface area contributed by atoms with Crippen molar-refractivity contribution in [2.45, 2.75) is 38.0 Å². The summed E-state index contributed by atoms with van der Waals surface area (Å²) in [6.07, 6.45) is 5.35. The van der Waals surface area contributed by atoms with E-state index in [4.69, 9.17) is 0 Å². The molecule has 0 radical (unpaired) electrons. The molecular weight excluding hydrogens is 294 g/mol. The molecule has 2 aliphatic heterocycles. The van der Waals surface area contributed by atoms with Crippen molar-refractivity contribution >= 4 is 17.2 Å². The number of carbonyl (C=O) groups excluding carboxylic acids is 1. The Morgan fingerprint density at radius 3 is 2.82 bits per heavy atom. The predicted octanol–water partition coefficient (Wildman–Crippen LogP) is 2.52. The molecule has 0 saturated carbocycles. The van der Waals surface area contributed by atoms with Crippen LogP contribution >= 0.6 is 11.3 Å². The van der Waals surface area contributed by atoms with E-state index in [2.05, 4.69) is 32.3 Å². The van der Waals surface area contributed by atoms with E-state index in [1.54, 1.807) is 23.7 Å². The van der Waals surface area contributed by atoms with Gasteiger partial charge in [0.1, 0.15) is 0 Å². The quantitative estimate of drug-likeness (QED) is 0.870. The second kappa shape index (κ2) is 5.82. The SMILES string of the molecule is O=C1C[C@@H]2[C@H](CCN2Cc2cccs2)N1Cc1ccncc1. The first kappa shape index (κ1) is 13.9. The molecule has 4 nitrogen and oxygen atoms in total.